The summed E-state index contributed by atoms with van der Waals surface area (Å²) in [6.45, 7) is 0.896. The van der Waals surface area contributed by atoms with Crippen molar-refractivity contribution in [2.75, 3.05) is 6.54 Å². The maximum absolute atomic E-state index is 10.1. The Kier molecular flexibility index (Phi) is 18.7. The molecule has 0 aliphatic rings. The number of esters is 2. The number of ether oxygens (including phenoxy) is 1. The molecule has 0 fully saturated rings. The molecule has 0 amide bonds. The molecule has 0 aromatic heterocycles. The van der Waals surface area contributed by atoms with Crippen molar-refractivity contribution in [3.05, 3.63) is 0 Å². The molecule has 0 aromatic rings. The number of hydrogen-bond donors (Lipinski definition) is 1. The Morgan fingerprint density at radius 2 is 1.90 bits per heavy atom. The first kappa shape index (κ1) is 17.6. The average molecular weight is 201 g/mol. The van der Waals surface area contributed by atoms with E-state index in [1.165, 1.54) is 0 Å². The molecule has 4 nitrogen and oxygen atoms in total. The molecule has 0 atom stereocenters. The van der Waals surface area contributed by atoms with Crippen LogP contribution < -0.4 is 5.73 Å². The van der Waals surface area contributed by atoms with Crippen molar-refractivity contribution in [1.29, 1.82) is 0 Å². The summed E-state index contributed by atoms with van der Waals surface area (Å²) in [5.41, 5.74) is 4.79. The number of carbonyl (C=O) groups excluding carboxylic acids is 2. The van der Waals surface area contributed by atoms with Crippen LogP contribution in [-0.2, 0) is 14.3 Å². The fraction of sp³-hybridized carbons (Fsp3) is 0.500. The van der Waals surface area contributed by atoms with E-state index < -0.39 is 11.9 Å². The maximum Gasteiger partial charge on any atom is 2.00 e. The Balaban J connectivity index is -0.0000000163. The second-order valence-corrected chi connectivity index (χ2v) is 1.17. The van der Waals surface area contributed by atoms with Crippen LogP contribution in [-0.4, -0.2) is 94.0 Å². The molecule has 10 heavy (non-hydrogen) atoms. The van der Waals surface area contributed by atoms with Crippen LogP contribution in [0.2, 0.25) is 0 Å². The van der Waals surface area contributed by atoms with Crippen molar-refractivity contribution < 1.29 is 20.0 Å². The zero-order valence-electron chi connectivity index (χ0n) is 9.92. The molecule has 0 rings (SSSR count). The summed E-state index contributed by atoms with van der Waals surface area (Å²) in [6, 6.07) is 0. The fourth-order valence-corrected chi connectivity index (χ4v) is 0.202. The van der Waals surface area contributed by atoms with Gasteiger partial charge in [-0.05, 0) is 0 Å². The van der Waals surface area contributed by atoms with Gasteiger partial charge in [0.15, 0.2) is 0 Å². The number of carbonyl (C=O) groups is 2. The molecule has 0 radical (unpaired) electrons. The molecule has 0 aliphatic heterocycles. The Morgan fingerprint density at radius 1 is 1.50 bits per heavy atom. The predicted octanol–water partition coefficient (Wildman–Crippen LogP) is -1.28. The van der Waals surface area contributed by atoms with Crippen LogP contribution in [0.5, 0.6) is 0 Å². The van der Waals surface area contributed by atoms with E-state index in [1.807, 2.05) is 0 Å². The third-order valence-corrected chi connectivity index (χ3v) is 0.424. The fourth-order valence-electron chi connectivity index (χ4n) is 0.202. The number of rotatable bonds is 1. The minimum Gasteiger partial charge on any atom is -1.00 e. The van der Waals surface area contributed by atoms with Gasteiger partial charge in [-0.15, -0.1) is 0 Å². The van der Waals surface area contributed by atoms with Gasteiger partial charge in [0.1, 0.15) is 0 Å². The first-order valence-corrected chi connectivity index (χ1v) is 2.08. The van der Waals surface area contributed by atoms with Gasteiger partial charge in [0.2, 0.25) is 0 Å². The van der Waals surface area contributed by atoms with Crippen LogP contribution in [0, 0.1) is 0 Å². The zero-order valence-corrected chi connectivity index (χ0v) is 10.3. The zero-order chi connectivity index (χ0) is 6.57. The van der Waals surface area contributed by atoms with Gasteiger partial charge in [0.25, 0.3) is 0 Å². The first-order valence-electron chi connectivity index (χ1n) is 2.08. The largest absolute Gasteiger partial charge is 2.00 e. The third-order valence-electron chi connectivity index (χ3n) is 0.424. The smallest absolute Gasteiger partial charge is 1.00 e. The SMILES string of the molecule is CC(=O)OC(=O)CN.[Ca+2].[Ca+2].[H-].[H-].[H-].[H-]. The van der Waals surface area contributed by atoms with Crippen molar-refractivity contribution >= 4 is 87.4 Å². The molecular formula is C4H11Ca2NO3. The summed E-state index contributed by atoms with van der Waals surface area (Å²) in [6.07, 6.45) is 0. The second-order valence-electron chi connectivity index (χ2n) is 1.17. The normalized spacial score (nSPS) is 6.60. The van der Waals surface area contributed by atoms with Crippen molar-refractivity contribution in [2.45, 2.75) is 6.92 Å². The third kappa shape index (κ3) is 12.3. The van der Waals surface area contributed by atoms with Crippen LogP contribution >= 0.6 is 0 Å². The van der Waals surface area contributed by atoms with Gasteiger partial charge in [-0.25, -0.2) is 0 Å². The van der Waals surface area contributed by atoms with Gasteiger partial charge in [-0.3, -0.25) is 9.59 Å². The van der Waals surface area contributed by atoms with Crippen LogP contribution in [0.4, 0.5) is 0 Å². The number of hydrogen-bond acceptors (Lipinski definition) is 4. The van der Waals surface area contributed by atoms with E-state index in [-0.39, 0.29) is 87.7 Å². The van der Waals surface area contributed by atoms with E-state index in [0.717, 1.165) is 6.92 Å². The van der Waals surface area contributed by atoms with Crippen molar-refractivity contribution in [3.63, 3.8) is 0 Å². The van der Waals surface area contributed by atoms with E-state index >= 15 is 0 Å². The van der Waals surface area contributed by atoms with Gasteiger partial charge in [-0.2, -0.15) is 0 Å². The standard InChI is InChI=1S/C4H7NO3.2Ca.4H/c1-3(6)8-4(7)2-5;;;;;;/h2,5H2,1H3;;;;;;/q;2*+2;4*-1. The van der Waals surface area contributed by atoms with Gasteiger partial charge in [0, 0.05) is 6.92 Å². The predicted molar refractivity (Wildman–Crippen MR) is 41.8 cm³/mol. The molecule has 0 unspecified atom stereocenters. The molecular weight excluding hydrogens is 190 g/mol. The Bertz CT molecular complexity index is 129. The molecule has 0 spiro atoms. The Hall–Kier alpha value is 1.62. The molecule has 54 valence electrons. The topological polar surface area (TPSA) is 69.4 Å². The van der Waals surface area contributed by atoms with Gasteiger partial charge < -0.3 is 16.2 Å². The summed E-state index contributed by atoms with van der Waals surface area (Å²) in [5, 5.41) is 0. The summed E-state index contributed by atoms with van der Waals surface area (Å²) < 4.78 is 4.00. The molecule has 0 heterocycles. The summed E-state index contributed by atoms with van der Waals surface area (Å²) >= 11 is 0. The Labute approximate surface area is 125 Å². The molecule has 0 aliphatic carbocycles. The van der Waals surface area contributed by atoms with E-state index in [2.05, 4.69) is 4.74 Å². The molecule has 2 N–H and O–H groups in total. The summed E-state index contributed by atoms with van der Waals surface area (Å²) in [4.78, 5) is 20.0. The quantitative estimate of drug-likeness (QED) is 0.326. The van der Waals surface area contributed by atoms with Crippen LogP contribution in [0.3, 0.4) is 0 Å². The minimum absolute atomic E-state index is 0. The monoisotopic (exact) mass is 201 g/mol. The molecule has 0 saturated heterocycles. The molecule has 0 bridgehead atoms. The van der Waals surface area contributed by atoms with Gasteiger partial charge >= 0.3 is 87.4 Å². The van der Waals surface area contributed by atoms with Gasteiger partial charge in [-0.1, -0.05) is 0 Å². The van der Waals surface area contributed by atoms with Gasteiger partial charge in [0.05, 0.1) is 6.54 Å². The minimum atomic E-state index is -0.697. The van der Waals surface area contributed by atoms with Crippen LogP contribution in [0.1, 0.15) is 12.6 Å². The molecule has 0 aromatic carbocycles. The van der Waals surface area contributed by atoms with Crippen molar-refractivity contribution in [2.24, 2.45) is 5.73 Å². The Morgan fingerprint density at radius 3 is 2.00 bits per heavy atom. The summed E-state index contributed by atoms with van der Waals surface area (Å²) in [5.74, 6) is -1.32. The van der Waals surface area contributed by atoms with E-state index in [9.17, 15) is 9.59 Å². The second kappa shape index (κ2) is 10.6. The van der Waals surface area contributed by atoms with E-state index in [4.69, 9.17) is 5.73 Å². The van der Waals surface area contributed by atoms with Crippen LogP contribution in [0.25, 0.3) is 0 Å². The number of nitrogens with two attached hydrogens (primary N) is 1. The van der Waals surface area contributed by atoms with Crippen LogP contribution in [0.15, 0.2) is 0 Å². The molecule has 6 heteroatoms. The maximum atomic E-state index is 10.1. The first-order chi connectivity index (χ1) is 3.66. The van der Waals surface area contributed by atoms with E-state index in [1.54, 1.807) is 0 Å². The average Bonchev–Trinajstić information content (AvgIpc) is 1.65. The van der Waals surface area contributed by atoms with Crippen molar-refractivity contribution in [1.82, 2.24) is 0 Å². The molecule has 0 saturated carbocycles. The summed E-state index contributed by atoms with van der Waals surface area (Å²) in [7, 11) is 0. The van der Waals surface area contributed by atoms with Crippen molar-refractivity contribution in [3.8, 4) is 0 Å². The van der Waals surface area contributed by atoms with E-state index in [0.29, 0.717) is 0 Å².